The van der Waals surface area contributed by atoms with Crippen LogP contribution in [0.4, 0.5) is 0 Å². The molecule has 0 aromatic carbocycles. The van der Waals surface area contributed by atoms with E-state index in [1.54, 1.807) is 7.11 Å². The van der Waals surface area contributed by atoms with Crippen LogP contribution in [-0.4, -0.2) is 62.8 Å². The monoisotopic (exact) mass is 283 g/mol. The summed E-state index contributed by atoms with van der Waals surface area (Å²) in [6.07, 6.45) is 4.35. The number of hydrogen-bond donors (Lipinski definition) is 2. The van der Waals surface area contributed by atoms with Crippen LogP contribution in [0, 0.1) is 5.92 Å². The van der Waals surface area contributed by atoms with Crippen LogP contribution in [0.3, 0.4) is 0 Å². The number of piperidine rings is 1. The molecule has 0 bridgehead atoms. The summed E-state index contributed by atoms with van der Waals surface area (Å²) in [7, 11) is 1.74. The molecule has 5 heteroatoms. The van der Waals surface area contributed by atoms with E-state index in [0.717, 1.165) is 45.6 Å². The molecule has 0 saturated carbocycles. The fraction of sp³-hybridized carbons (Fsp3) is 0.933. The number of rotatable bonds is 6. The smallest absolute Gasteiger partial charge is 0.223 e. The third-order valence-corrected chi connectivity index (χ3v) is 4.59. The zero-order valence-electron chi connectivity index (χ0n) is 12.9. The third-order valence-electron chi connectivity index (χ3n) is 4.59. The van der Waals surface area contributed by atoms with Gasteiger partial charge in [0, 0.05) is 38.2 Å². The maximum Gasteiger partial charge on any atom is 0.223 e. The molecule has 2 aliphatic rings. The summed E-state index contributed by atoms with van der Waals surface area (Å²) >= 11 is 0. The molecule has 116 valence electrons. The minimum atomic E-state index is 0.195. The van der Waals surface area contributed by atoms with Crippen molar-refractivity contribution < 1.29 is 9.53 Å². The van der Waals surface area contributed by atoms with Gasteiger partial charge in [-0.3, -0.25) is 9.69 Å². The second-order valence-electron chi connectivity index (χ2n) is 6.15. The molecule has 3 atom stereocenters. The highest BCUT2D eigenvalue weighted by Crippen LogP contribution is 2.18. The van der Waals surface area contributed by atoms with Crippen LogP contribution >= 0.6 is 0 Å². The molecule has 2 heterocycles. The summed E-state index contributed by atoms with van der Waals surface area (Å²) in [5.41, 5.74) is 0. The molecule has 5 nitrogen and oxygen atoms in total. The van der Waals surface area contributed by atoms with E-state index in [0.29, 0.717) is 12.1 Å². The van der Waals surface area contributed by atoms with Gasteiger partial charge < -0.3 is 15.4 Å². The number of carbonyl (C=O) groups is 1. The minimum Gasteiger partial charge on any atom is -0.383 e. The lowest BCUT2D eigenvalue weighted by molar-refractivity contribution is -0.126. The lowest BCUT2D eigenvalue weighted by atomic mass is 9.92. The van der Waals surface area contributed by atoms with Crippen molar-refractivity contribution >= 4 is 5.91 Å². The zero-order chi connectivity index (χ0) is 14.4. The van der Waals surface area contributed by atoms with Crippen LogP contribution < -0.4 is 10.6 Å². The van der Waals surface area contributed by atoms with E-state index >= 15 is 0 Å². The Morgan fingerprint density at radius 3 is 3.05 bits per heavy atom. The van der Waals surface area contributed by atoms with Gasteiger partial charge in [0.2, 0.25) is 5.91 Å². The van der Waals surface area contributed by atoms with E-state index < -0.39 is 0 Å². The Morgan fingerprint density at radius 1 is 1.45 bits per heavy atom. The molecule has 2 saturated heterocycles. The van der Waals surface area contributed by atoms with E-state index in [1.807, 2.05) is 0 Å². The summed E-state index contributed by atoms with van der Waals surface area (Å²) in [6.45, 7) is 6.79. The van der Waals surface area contributed by atoms with Gasteiger partial charge in [-0.25, -0.2) is 0 Å². The molecule has 1 unspecified atom stereocenters. The molecule has 0 radical (unpaired) electrons. The molecule has 0 aromatic rings. The van der Waals surface area contributed by atoms with E-state index in [-0.39, 0.29) is 11.8 Å². The van der Waals surface area contributed by atoms with Gasteiger partial charge in [0.25, 0.3) is 0 Å². The van der Waals surface area contributed by atoms with Crippen LogP contribution in [0.5, 0.6) is 0 Å². The number of likely N-dealkylation sites (tertiary alicyclic amines) is 1. The van der Waals surface area contributed by atoms with E-state index in [4.69, 9.17) is 4.74 Å². The Morgan fingerprint density at radius 2 is 2.30 bits per heavy atom. The third kappa shape index (κ3) is 4.43. The quantitative estimate of drug-likeness (QED) is 0.749. The average Bonchev–Trinajstić information content (AvgIpc) is 2.90. The second-order valence-corrected chi connectivity index (χ2v) is 6.15. The number of amides is 1. The fourth-order valence-electron chi connectivity index (χ4n) is 3.36. The van der Waals surface area contributed by atoms with Crippen LogP contribution in [0.15, 0.2) is 0 Å². The molecule has 2 N–H and O–H groups in total. The Kier molecular flexibility index (Phi) is 6.26. The first-order valence-corrected chi connectivity index (χ1v) is 7.94. The highest BCUT2D eigenvalue weighted by atomic mass is 16.5. The SMILES string of the molecule is COCCN1CCCC1CNC(=O)[C@H]1CCN[C@@H](C)C1. The van der Waals surface area contributed by atoms with Gasteiger partial charge in [-0.1, -0.05) is 0 Å². The van der Waals surface area contributed by atoms with Gasteiger partial charge in [0.05, 0.1) is 6.61 Å². The van der Waals surface area contributed by atoms with Gasteiger partial charge >= 0.3 is 0 Å². The maximum absolute atomic E-state index is 12.2. The maximum atomic E-state index is 12.2. The van der Waals surface area contributed by atoms with Gasteiger partial charge in [-0.2, -0.15) is 0 Å². The normalized spacial score (nSPS) is 31.4. The number of ether oxygens (including phenoxy) is 1. The molecule has 0 aromatic heterocycles. The van der Waals surface area contributed by atoms with Crippen molar-refractivity contribution in [1.29, 1.82) is 0 Å². The summed E-state index contributed by atoms with van der Waals surface area (Å²) in [5, 5.41) is 6.56. The molecule has 2 rings (SSSR count). The van der Waals surface area contributed by atoms with Crippen LogP contribution in [-0.2, 0) is 9.53 Å². The Hall–Kier alpha value is -0.650. The number of nitrogens with one attached hydrogen (secondary N) is 2. The van der Waals surface area contributed by atoms with Crippen molar-refractivity contribution in [1.82, 2.24) is 15.5 Å². The van der Waals surface area contributed by atoms with Gasteiger partial charge in [-0.15, -0.1) is 0 Å². The molecule has 2 fully saturated rings. The Labute approximate surface area is 122 Å². The minimum absolute atomic E-state index is 0.195. The van der Waals surface area contributed by atoms with Crippen molar-refractivity contribution in [3.05, 3.63) is 0 Å². The van der Waals surface area contributed by atoms with Gasteiger partial charge in [0.15, 0.2) is 0 Å². The van der Waals surface area contributed by atoms with Crippen LogP contribution in [0.2, 0.25) is 0 Å². The first kappa shape index (κ1) is 15.7. The average molecular weight is 283 g/mol. The largest absolute Gasteiger partial charge is 0.383 e. The van der Waals surface area contributed by atoms with E-state index in [1.165, 1.54) is 12.8 Å². The van der Waals surface area contributed by atoms with Crippen molar-refractivity contribution in [2.75, 3.05) is 39.9 Å². The lowest BCUT2D eigenvalue weighted by Crippen LogP contribution is -2.46. The van der Waals surface area contributed by atoms with Crippen molar-refractivity contribution in [2.24, 2.45) is 5.92 Å². The highest BCUT2D eigenvalue weighted by Gasteiger charge is 2.27. The first-order valence-electron chi connectivity index (χ1n) is 7.94. The fourth-order valence-corrected chi connectivity index (χ4v) is 3.36. The van der Waals surface area contributed by atoms with Gasteiger partial charge in [0.1, 0.15) is 0 Å². The zero-order valence-corrected chi connectivity index (χ0v) is 12.9. The molecular weight excluding hydrogens is 254 g/mol. The Balaban J connectivity index is 1.72. The van der Waals surface area contributed by atoms with Crippen LogP contribution in [0.25, 0.3) is 0 Å². The molecule has 20 heavy (non-hydrogen) atoms. The molecule has 2 aliphatic heterocycles. The van der Waals surface area contributed by atoms with Gasteiger partial charge in [-0.05, 0) is 45.7 Å². The molecule has 0 spiro atoms. The number of hydrogen-bond acceptors (Lipinski definition) is 4. The predicted molar refractivity (Wildman–Crippen MR) is 79.7 cm³/mol. The number of nitrogens with zero attached hydrogens (tertiary/aromatic N) is 1. The van der Waals surface area contributed by atoms with Crippen LogP contribution in [0.1, 0.15) is 32.6 Å². The Bertz CT molecular complexity index is 311. The predicted octanol–water partition coefficient (Wildman–Crippen LogP) is 0.602. The summed E-state index contributed by atoms with van der Waals surface area (Å²) < 4.78 is 5.15. The summed E-state index contributed by atoms with van der Waals surface area (Å²) in [4.78, 5) is 14.7. The highest BCUT2D eigenvalue weighted by molar-refractivity contribution is 5.78. The summed E-state index contributed by atoms with van der Waals surface area (Å²) in [5.74, 6) is 0.442. The van der Waals surface area contributed by atoms with E-state index in [9.17, 15) is 4.79 Å². The number of carbonyl (C=O) groups excluding carboxylic acids is 1. The second kappa shape index (κ2) is 7.96. The molecule has 1 amide bonds. The van der Waals surface area contributed by atoms with E-state index in [2.05, 4.69) is 22.5 Å². The molecular formula is C15H29N3O2. The first-order chi connectivity index (χ1) is 9.70. The standard InChI is InChI=1S/C15H29N3O2/c1-12-10-13(5-6-16-12)15(19)17-11-14-4-3-7-18(14)8-9-20-2/h12-14,16H,3-11H2,1-2H3,(H,17,19)/t12-,13-,14?/m0/s1. The topological polar surface area (TPSA) is 53.6 Å². The lowest BCUT2D eigenvalue weighted by Gasteiger charge is -2.29. The number of methoxy groups -OCH3 is 1. The van der Waals surface area contributed by atoms with Crippen molar-refractivity contribution in [3.8, 4) is 0 Å². The van der Waals surface area contributed by atoms with Crippen molar-refractivity contribution in [3.63, 3.8) is 0 Å². The molecule has 0 aliphatic carbocycles. The van der Waals surface area contributed by atoms with Crippen molar-refractivity contribution in [2.45, 2.75) is 44.7 Å². The summed E-state index contributed by atoms with van der Waals surface area (Å²) in [6, 6.07) is 0.956.